The van der Waals surface area contributed by atoms with Crippen molar-refractivity contribution in [2.75, 3.05) is 0 Å². The Bertz CT molecular complexity index is 2180. The monoisotopic (exact) mass is 524 g/mol. The number of rotatable bonds is 3. The molecule has 0 saturated carbocycles. The second-order valence-electron chi connectivity index (χ2n) is 9.54. The number of para-hydroxylation sites is 5. The van der Waals surface area contributed by atoms with Gasteiger partial charge >= 0.3 is 0 Å². The van der Waals surface area contributed by atoms with Crippen molar-refractivity contribution in [1.29, 1.82) is 0 Å². The molecule has 6 nitrogen and oxygen atoms in total. The molecule has 0 bridgehead atoms. The maximum Gasteiger partial charge on any atom is 0.210 e. The van der Waals surface area contributed by atoms with Crippen molar-refractivity contribution < 1.29 is 8.42 Å². The molecular weight excluding hydrogens is 504 g/mol. The summed E-state index contributed by atoms with van der Waals surface area (Å²) >= 11 is 0. The number of fused-ring (bicyclic) bond motifs is 3. The number of aromatic nitrogens is 4. The highest BCUT2D eigenvalue weighted by Gasteiger charge is 2.33. The number of hydrogen-bond acceptors (Lipinski definition) is 4. The Kier molecular flexibility index (Phi) is 4.51. The van der Waals surface area contributed by atoms with E-state index in [1.807, 2.05) is 71.3 Å². The van der Waals surface area contributed by atoms with Gasteiger partial charge in [-0.15, -0.1) is 0 Å². The van der Waals surface area contributed by atoms with Gasteiger partial charge in [-0.05, 0) is 48.5 Å². The lowest BCUT2D eigenvalue weighted by Gasteiger charge is -2.20. The summed E-state index contributed by atoms with van der Waals surface area (Å²) in [5.74, 6) is 1.55. The third-order valence-corrected chi connectivity index (χ3v) is 9.13. The van der Waals surface area contributed by atoms with E-state index in [1.165, 1.54) is 0 Å². The molecule has 1 aliphatic heterocycles. The van der Waals surface area contributed by atoms with E-state index in [4.69, 9.17) is 9.97 Å². The van der Waals surface area contributed by atoms with Crippen molar-refractivity contribution in [3.8, 4) is 34.2 Å². The molecule has 2 aromatic heterocycles. The molecule has 0 radical (unpaired) electrons. The van der Waals surface area contributed by atoms with E-state index in [0.717, 1.165) is 33.7 Å². The quantitative estimate of drug-likeness (QED) is 0.254. The number of sulfone groups is 1. The van der Waals surface area contributed by atoms with Gasteiger partial charge in [-0.3, -0.25) is 9.13 Å². The molecule has 186 valence electrons. The van der Waals surface area contributed by atoms with Crippen LogP contribution in [0.25, 0.3) is 56.2 Å². The van der Waals surface area contributed by atoms with Crippen LogP contribution in [-0.2, 0) is 9.84 Å². The minimum atomic E-state index is -3.64. The van der Waals surface area contributed by atoms with Crippen molar-refractivity contribution in [3.63, 3.8) is 0 Å². The Balaban J connectivity index is 1.33. The normalized spacial score (nSPS) is 13.5. The maximum atomic E-state index is 13.4. The molecule has 7 aromatic rings. The molecule has 8 rings (SSSR count). The molecule has 39 heavy (non-hydrogen) atoms. The zero-order chi connectivity index (χ0) is 26.1. The number of imidazole rings is 2. The summed E-state index contributed by atoms with van der Waals surface area (Å²) in [6.45, 7) is 0. The molecule has 3 heterocycles. The van der Waals surface area contributed by atoms with Crippen LogP contribution >= 0.6 is 0 Å². The molecule has 1 aliphatic rings. The van der Waals surface area contributed by atoms with Crippen LogP contribution < -0.4 is 0 Å². The highest BCUT2D eigenvalue weighted by atomic mass is 32.2. The first-order valence-corrected chi connectivity index (χ1v) is 14.1. The predicted octanol–water partition coefficient (Wildman–Crippen LogP) is 6.84. The lowest BCUT2D eigenvalue weighted by atomic mass is 10.1. The maximum absolute atomic E-state index is 13.4. The van der Waals surface area contributed by atoms with Crippen LogP contribution in [0.3, 0.4) is 0 Å². The SMILES string of the molecule is O=S1(=O)c2ccccc2-n2c(-c3ccc(-c4nc5ccccc5n4-c4ccccc4)cc3)nc3cccc1c32. The van der Waals surface area contributed by atoms with Gasteiger partial charge in [0.1, 0.15) is 11.6 Å². The first-order chi connectivity index (χ1) is 19.1. The zero-order valence-corrected chi connectivity index (χ0v) is 21.4. The van der Waals surface area contributed by atoms with Gasteiger partial charge in [0.2, 0.25) is 9.84 Å². The van der Waals surface area contributed by atoms with Gasteiger partial charge < -0.3 is 0 Å². The average Bonchev–Trinajstić information content (AvgIpc) is 3.56. The highest BCUT2D eigenvalue weighted by Crippen LogP contribution is 2.41. The Hall–Kier alpha value is -5.01. The van der Waals surface area contributed by atoms with Crippen LogP contribution in [0.5, 0.6) is 0 Å². The minimum Gasteiger partial charge on any atom is -0.292 e. The molecule has 5 aromatic carbocycles. The van der Waals surface area contributed by atoms with Gasteiger partial charge in [-0.25, -0.2) is 18.4 Å². The lowest BCUT2D eigenvalue weighted by molar-refractivity contribution is 0.594. The highest BCUT2D eigenvalue weighted by molar-refractivity contribution is 7.92. The molecule has 7 heteroatoms. The first kappa shape index (κ1) is 22.0. The van der Waals surface area contributed by atoms with Crippen LogP contribution in [0.4, 0.5) is 0 Å². The van der Waals surface area contributed by atoms with Crippen molar-refractivity contribution in [3.05, 3.63) is 121 Å². The molecule has 0 saturated heterocycles. The van der Waals surface area contributed by atoms with E-state index in [9.17, 15) is 8.42 Å². The van der Waals surface area contributed by atoms with Crippen molar-refractivity contribution >= 4 is 31.9 Å². The Morgan fingerprint density at radius 2 is 1.10 bits per heavy atom. The topological polar surface area (TPSA) is 69.8 Å². The molecule has 0 amide bonds. The van der Waals surface area contributed by atoms with Crippen LogP contribution in [-0.4, -0.2) is 27.5 Å². The van der Waals surface area contributed by atoms with E-state index in [2.05, 4.69) is 34.9 Å². The van der Waals surface area contributed by atoms with E-state index in [1.54, 1.807) is 24.3 Å². The largest absolute Gasteiger partial charge is 0.292 e. The molecule has 0 fully saturated rings. The van der Waals surface area contributed by atoms with Gasteiger partial charge in [0.25, 0.3) is 0 Å². The molecule has 0 N–H and O–H groups in total. The van der Waals surface area contributed by atoms with Crippen LogP contribution in [0, 0.1) is 0 Å². The van der Waals surface area contributed by atoms with Crippen LogP contribution in [0.15, 0.2) is 131 Å². The molecule has 0 atom stereocenters. The summed E-state index contributed by atoms with van der Waals surface area (Å²) in [7, 11) is -3.64. The lowest BCUT2D eigenvalue weighted by Crippen LogP contribution is -2.14. The number of hydrogen-bond donors (Lipinski definition) is 0. The smallest absolute Gasteiger partial charge is 0.210 e. The second-order valence-corrected chi connectivity index (χ2v) is 11.4. The van der Waals surface area contributed by atoms with E-state index in [0.29, 0.717) is 22.5 Å². The molecule has 0 spiro atoms. The van der Waals surface area contributed by atoms with E-state index in [-0.39, 0.29) is 9.79 Å². The van der Waals surface area contributed by atoms with Gasteiger partial charge in [0.05, 0.1) is 37.5 Å². The van der Waals surface area contributed by atoms with Gasteiger partial charge in [0, 0.05) is 16.8 Å². The summed E-state index contributed by atoms with van der Waals surface area (Å²) in [4.78, 5) is 10.4. The number of nitrogens with zero attached hydrogens (tertiary/aromatic N) is 4. The Morgan fingerprint density at radius 1 is 0.513 bits per heavy atom. The van der Waals surface area contributed by atoms with Crippen molar-refractivity contribution in [2.24, 2.45) is 0 Å². The first-order valence-electron chi connectivity index (χ1n) is 12.6. The minimum absolute atomic E-state index is 0.283. The van der Waals surface area contributed by atoms with E-state index >= 15 is 0 Å². The van der Waals surface area contributed by atoms with Gasteiger partial charge in [-0.1, -0.05) is 72.8 Å². The third kappa shape index (κ3) is 3.11. The van der Waals surface area contributed by atoms with Gasteiger partial charge in [-0.2, -0.15) is 0 Å². The van der Waals surface area contributed by atoms with Gasteiger partial charge in [0.15, 0.2) is 0 Å². The van der Waals surface area contributed by atoms with E-state index < -0.39 is 9.84 Å². The Labute approximate surface area is 224 Å². The molecule has 0 unspecified atom stereocenters. The summed E-state index contributed by atoms with van der Waals surface area (Å²) < 4.78 is 30.9. The summed E-state index contributed by atoms with van der Waals surface area (Å²) in [6.07, 6.45) is 0. The third-order valence-electron chi connectivity index (χ3n) is 7.30. The van der Waals surface area contributed by atoms with Crippen LogP contribution in [0.1, 0.15) is 0 Å². The standard InChI is InChI=1S/C32H20N4O2S/c37-39(38)28-15-7-6-14-27(28)36-30-25(12-8-16-29(30)39)34-32(36)22-19-17-21(18-20-22)31-33-24-11-4-5-13-26(24)35(31)23-9-2-1-3-10-23/h1-20H. The second kappa shape index (κ2) is 7.99. The number of benzene rings is 5. The summed E-state index contributed by atoms with van der Waals surface area (Å²) in [6, 6.07) is 38.9. The fraction of sp³-hybridized carbons (Fsp3) is 0. The molecular formula is C32H20N4O2S. The molecule has 0 aliphatic carbocycles. The van der Waals surface area contributed by atoms with Crippen molar-refractivity contribution in [1.82, 2.24) is 19.1 Å². The predicted molar refractivity (Wildman–Crippen MR) is 152 cm³/mol. The average molecular weight is 525 g/mol. The zero-order valence-electron chi connectivity index (χ0n) is 20.6. The van der Waals surface area contributed by atoms with Crippen LogP contribution in [0.2, 0.25) is 0 Å². The Morgan fingerprint density at radius 3 is 1.90 bits per heavy atom. The summed E-state index contributed by atoms with van der Waals surface area (Å²) in [5, 5.41) is 0. The fourth-order valence-corrected chi connectivity index (χ4v) is 7.19. The summed E-state index contributed by atoms with van der Waals surface area (Å²) in [5.41, 5.74) is 6.74. The van der Waals surface area contributed by atoms with Crippen molar-refractivity contribution in [2.45, 2.75) is 9.79 Å². The fourth-order valence-electron chi connectivity index (χ4n) is 5.55.